The number of carbonyl (C=O) groups is 1. The molecular formula is C13H8FN3O. The number of aromatic nitrogens is 3. The van der Waals surface area contributed by atoms with Crippen molar-refractivity contribution in [2.24, 2.45) is 0 Å². The van der Waals surface area contributed by atoms with Crippen molar-refractivity contribution in [3.63, 3.8) is 0 Å². The first kappa shape index (κ1) is 10.6. The summed E-state index contributed by atoms with van der Waals surface area (Å²) < 4.78 is 14.3. The highest BCUT2D eigenvalue weighted by Crippen LogP contribution is 2.17. The number of fused-ring (bicyclic) bond motifs is 1. The maximum atomic E-state index is 12.8. The lowest BCUT2D eigenvalue weighted by Gasteiger charge is -2.02. The minimum atomic E-state index is -0.295. The summed E-state index contributed by atoms with van der Waals surface area (Å²) in [5.74, 6) is -0.295. The van der Waals surface area contributed by atoms with E-state index in [1.807, 2.05) is 0 Å². The fraction of sp³-hybridized carbons (Fsp3) is 0. The van der Waals surface area contributed by atoms with E-state index in [9.17, 15) is 9.18 Å². The van der Waals surface area contributed by atoms with Gasteiger partial charge < -0.3 is 0 Å². The SMILES string of the molecule is O=Cc1cnc2ccc(-c3ccc(F)cc3)nn12. The third-order valence-electron chi connectivity index (χ3n) is 2.65. The van der Waals surface area contributed by atoms with Gasteiger partial charge in [-0.3, -0.25) is 4.79 Å². The molecular weight excluding hydrogens is 233 g/mol. The fourth-order valence-electron chi connectivity index (χ4n) is 1.75. The van der Waals surface area contributed by atoms with Gasteiger partial charge in [0.25, 0.3) is 0 Å². The normalized spacial score (nSPS) is 10.7. The summed E-state index contributed by atoms with van der Waals surface area (Å²) in [7, 11) is 0. The monoisotopic (exact) mass is 241 g/mol. The van der Waals surface area contributed by atoms with E-state index in [1.165, 1.54) is 22.8 Å². The Hall–Kier alpha value is -2.56. The average molecular weight is 241 g/mol. The molecule has 0 fully saturated rings. The lowest BCUT2D eigenvalue weighted by atomic mass is 10.1. The Kier molecular flexibility index (Phi) is 2.37. The van der Waals surface area contributed by atoms with E-state index in [0.29, 0.717) is 23.3 Å². The second-order valence-electron chi connectivity index (χ2n) is 3.80. The molecule has 1 aromatic carbocycles. The first-order valence-corrected chi connectivity index (χ1v) is 5.34. The molecule has 0 N–H and O–H groups in total. The number of benzene rings is 1. The van der Waals surface area contributed by atoms with Crippen LogP contribution in [0.1, 0.15) is 10.5 Å². The number of hydrogen-bond acceptors (Lipinski definition) is 3. The molecule has 0 aliphatic rings. The van der Waals surface area contributed by atoms with Gasteiger partial charge in [0.15, 0.2) is 11.9 Å². The summed E-state index contributed by atoms with van der Waals surface area (Å²) in [4.78, 5) is 14.9. The van der Waals surface area contributed by atoms with Crippen LogP contribution >= 0.6 is 0 Å². The van der Waals surface area contributed by atoms with E-state index in [-0.39, 0.29) is 5.82 Å². The van der Waals surface area contributed by atoms with Gasteiger partial charge in [0, 0.05) is 5.56 Å². The maximum absolute atomic E-state index is 12.8. The molecule has 2 heterocycles. The van der Waals surface area contributed by atoms with Gasteiger partial charge in [-0.1, -0.05) is 0 Å². The third-order valence-corrected chi connectivity index (χ3v) is 2.65. The molecule has 0 unspecified atom stereocenters. The number of rotatable bonds is 2. The van der Waals surface area contributed by atoms with Crippen molar-refractivity contribution < 1.29 is 9.18 Å². The second kappa shape index (κ2) is 4.03. The van der Waals surface area contributed by atoms with Gasteiger partial charge in [-0.2, -0.15) is 5.10 Å². The zero-order valence-corrected chi connectivity index (χ0v) is 9.25. The number of hydrogen-bond donors (Lipinski definition) is 0. The Labute approximate surface area is 102 Å². The minimum absolute atomic E-state index is 0.295. The van der Waals surface area contributed by atoms with Crippen LogP contribution in [0.25, 0.3) is 16.9 Å². The van der Waals surface area contributed by atoms with Crippen molar-refractivity contribution in [1.82, 2.24) is 14.6 Å². The molecule has 0 saturated carbocycles. The van der Waals surface area contributed by atoms with E-state index in [4.69, 9.17) is 0 Å². The van der Waals surface area contributed by atoms with Gasteiger partial charge >= 0.3 is 0 Å². The van der Waals surface area contributed by atoms with Crippen LogP contribution in [0, 0.1) is 5.82 Å². The fourth-order valence-corrected chi connectivity index (χ4v) is 1.75. The van der Waals surface area contributed by atoms with Gasteiger partial charge in [0.1, 0.15) is 11.5 Å². The smallest absolute Gasteiger partial charge is 0.170 e. The molecule has 3 aromatic rings. The molecule has 0 radical (unpaired) electrons. The summed E-state index contributed by atoms with van der Waals surface area (Å²) >= 11 is 0. The van der Waals surface area contributed by atoms with Crippen LogP contribution < -0.4 is 0 Å². The Bertz CT molecular complexity index is 719. The van der Waals surface area contributed by atoms with E-state index in [1.54, 1.807) is 24.3 Å². The molecule has 0 saturated heterocycles. The zero-order valence-electron chi connectivity index (χ0n) is 9.25. The number of aldehydes is 1. The Morgan fingerprint density at radius 3 is 2.61 bits per heavy atom. The molecule has 18 heavy (non-hydrogen) atoms. The quantitative estimate of drug-likeness (QED) is 0.647. The highest BCUT2D eigenvalue weighted by atomic mass is 19.1. The van der Waals surface area contributed by atoms with Crippen molar-refractivity contribution in [2.45, 2.75) is 0 Å². The van der Waals surface area contributed by atoms with Crippen LogP contribution in [0.2, 0.25) is 0 Å². The first-order chi connectivity index (χ1) is 8.78. The highest BCUT2D eigenvalue weighted by molar-refractivity contribution is 5.74. The van der Waals surface area contributed by atoms with Gasteiger partial charge in [-0.25, -0.2) is 13.9 Å². The molecule has 4 nitrogen and oxygen atoms in total. The van der Waals surface area contributed by atoms with Gasteiger partial charge in [0.2, 0.25) is 0 Å². The van der Waals surface area contributed by atoms with Crippen LogP contribution in [0.15, 0.2) is 42.6 Å². The first-order valence-electron chi connectivity index (χ1n) is 5.34. The molecule has 0 amide bonds. The van der Waals surface area contributed by atoms with Crippen LogP contribution in [0.5, 0.6) is 0 Å². The topological polar surface area (TPSA) is 47.3 Å². The van der Waals surface area contributed by atoms with E-state index >= 15 is 0 Å². The van der Waals surface area contributed by atoms with Gasteiger partial charge in [-0.15, -0.1) is 0 Å². The Morgan fingerprint density at radius 1 is 1.11 bits per heavy atom. The summed E-state index contributed by atoms with van der Waals surface area (Å²) in [6, 6.07) is 9.57. The maximum Gasteiger partial charge on any atom is 0.170 e. The number of carbonyl (C=O) groups excluding carboxylic acids is 1. The largest absolute Gasteiger partial charge is 0.296 e. The molecule has 0 aliphatic carbocycles. The summed E-state index contributed by atoms with van der Waals surface area (Å²) in [5.41, 5.74) is 2.42. The van der Waals surface area contributed by atoms with Crippen LogP contribution in [0.4, 0.5) is 4.39 Å². The van der Waals surface area contributed by atoms with E-state index in [2.05, 4.69) is 10.1 Å². The Balaban J connectivity index is 2.17. The number of nitrogens with zero attached hydrogens (tertiary/aromatic N) is 3. The molecule has 0 aliphatic heterocycles. The van der Waals surface area contributed by atoms with Crippen molar-refractivity contribution in [3.05, 3.63) is 54.1 Å². The molecule has 5 heteroatoms. The number of imidazole rings is 1. The lowest BCUT2D eigenvalue weighted by molar-refractivity contribution is 0.111. The molecule has 3 rings (SSSR count). The second-order valence-corrected chi connectivity index (χ2v) is 3.80. The Morgan fingerprint density at radius 2 is 1.89 bits per heavy atom. The van der Waals surface area contributed by atoms with Crippen molar-refractivity contribution in [3.8, 4) is 11.3 Å². The van der Waals surface area contributed by atoms with Crippen LogP contribution in [-0.4, -0.2) is 20.9 Å². The molecule has 0 spiro atoms. The minimum Gasteiger partial charge on any atom is -0.296 e. The van der Waals surface area contributed by atoms with Crippen molar-refractivity contribution in [2.75, 3.05) is 0 Å². The predicted molar refractivity (Wildman–Crippen MR) is 63.8 cm³/mol. The standard InChI is InChI=1S/C13H8FN3O/c14-10-3-1-9(2-4-10)12-5-6-13-15-7-11(8-18)17(13)16-12/h1-8H. The van der Waals surface area contributed by atoms with Crippen molar-refractivity contribution >= 4 is 11.9 Å². The third kappa shape index (κ3) is 1.66. The zero-order chi connectivity index (χ0) is 12.5. The van der Waals surface area contributed by atoms with E-state index < -0.39 is 0 Å². The van der Waals surface area contributed by atoms with Gasteiger partial charge in [-0.05, 0) is 36.4 Å². The van der Waals surface area contributed by atoms with Crippen LogP contribution in [0.3, 0.4) is 0 Å². The summed E-state index contributed by atoms with van der Waals surface area (Å²) in [5, 5.41) is 4.31. The molecule has 88 valence electrons. The van der Waals surface area contributed by atoms with Crippen molar-refractivity contribution in [1.29, 1.82) is 0 Å². The lowest BCUT2D eigenvalue weighted by Crippen LogP contribution is -1.98. The van der Waals surface area contributed by atoms with E-state index in [0.717, 1.165) is 5.56 Å². The van der Waals surface area contributed by atoms with Gasteiger partial charge in [0.05, 0.1) is 11.9 Å². The molecule has 0 atom stereocenters. The summed E-state index contributed by atoms with van der Waals surface area (Å²) in [6.45, 7) is 0. The predicted octanol–water partition coefficient (Wildman–Crippen LogP) is 2.35. The average Bonchev–Trinajstić information content (AvgIpc) is 2.81. The molecule has 2 aromatic heterocycles. The summed E-state index contributed by atoms with van der Waals surface area (Å²) in [6.07, 6.45) is 2.16. The van der Waals surface area contributed by atoms with Crippen LogP contribution in [-0.2, 0) is 0 Å². The molecule has 0 bridgehead atoms. The number of halogens is 1. The highest BCUT2D eigenvalue weighted by Gasteiger charge is 2.06.